The van der Waals surface area contributed by atoms with Gasteiger partial charge in [-0.25, -0.2) is 0 Å². The number of hydrogen-bond acceptors (Lipinski definition) is 3. The SMILES string of the molecule is CC(CCNC(=O)CCC1CCCO1)CCC(=O)O. The highest BCUT2D eigenvalue weighted by Gasteiger charge is 2.16. The van der Waals surface area contributed by atoms with Gasteiger partial charge in [-0.05, 0) is 38.0 Å². The lowest BCUT2D eigenvalue weighted by Crippen LogP contribution is -2.26. The Morgan fingerprint density at radius 1 is 1.37 bits per heavy atom. The van der Waals surface area contributed by atoms with Gasteiger partial charge in [0.15, 0.2) is 0 Å². The van der Waals surface area contributed by atoms with Crippen LogP contribution in [-0.2, 0) is 14.3 Å². The van der Waals surface area contributed by atoms with Crippen molar-refractivity contribution in [1.82, 2.24) is 5.32 Å². The van der Waals surface area contributed by atoms with Gasteiger partial charge in [-0.15, -0.1) is 0 Å². The summed E-state index contributed by atoms with van der Waals surface area (Å²) in [5, 5.41) is 11.5. The van der Waals surface area contributed by atoms with Gasteiger partial charge in [0.1, 0.15) is 0 Å². The molecule has 2 unspecified atom stereocenters. The number of amides is 1. The molecule has 1 rings (SSSR count). The maximum absolute atomic E-state index is 11.6. The monoisotopic (exact) mass is 271 g/mol. The number of carbonyl (C=O) groups excluding carboxylic acids is 1. The van der Waals surface area contributed by atoms with Gasteiger partial charge in [-0.1, -0.05) is 6.92 Å². The lowest BCUT2D eigenvalue weighted by Gasteiger charge is -2.12. The van der Waals surface area contributed by atoms with Crippen molar-refractivity contribution in [2.24, 2.45) is 5.92 Å². The first-order valence-corrected chi connectivity index (χ1v) is 7.18. The minimum absolute atomic E-state index is 0.0703. The van der Waals surface area contributed by atoms with Gasteiger partial charge < -0.3 is 15.2 Å². The van der Waals surface area contributed by atoms with Gasteiger partial charge in [0.25, 0.3) is 0 Å². The molecule has 19 heavy (non-hydrogen) atoms. The van der Waals surface area contributed by atoms with E-state index in [1.807, 2.05) is 6.92 Å². The summed E-state index contributed by atoms with van der Waals surface area (Å²) in [6.07, 6.45) is 5.47. The molecule has 110 valence electrons. The minimum Gasteiger partial charge on any atom is -0.481 e. The quantitative estimate of drug-likeness (QED) is 0.672. The summed E-state index contributed by atoms with van der Waals surface area (Å²) in [5.41, 5.74) is 0. The van der Waals surface area contributed by atoms with Crippen molar-refractivity contribution in [3.05, 3.63) is 0 Å². The fourth-order valence-corrected chi connectivity index (χ4v) is 2.22. The maximum Gasteiger partial charge on any atom is 0.303 e. The number of carboxylic acid groups (broad SMARTS) is 1. The fourth-order valence-electron chi connectivity index (χ4n) is 2.22. The van der Waals surface area contributed by atoms with Gasteiger partial charge in [0.2, 0.25) is 5.91 Å². The summed E-state index contributed by atoms with van der Waals surface area (Å²) < 4.78 is 5.46. The van der Waals surface area contributed by atoms with Crippen molar-refractivity contribution < 1.29 is 19.4 Å². The molecule has 1 saturated heterocycles. The molecule has 0 spiro atoms. The predicted molar refractivity (Wildman–Crippen MR) is 71.9 cm³/mol. The molecule has 0 radical (unpaired) electrons. The molecule has 1 aliphatic rings. The first-order chi connectivity index (χ1) is 9.08. The van der Waals surface area contributed by atoms with E-state index in [4.69, 9.17) is 9.84 Å². The molecule has 0 aromatic heterocycles. The third kappa shape index (κ3) is 7.82. The van der Waals surface area contributed by atoms with Crippen LogP contribution in [0.5, 0.6) is 0 Å². The van der Waals surface area contributed by atoms with E-state index >= 15 is 0 Å². The molecule has 0 aromatic carbocycles. The van der Waals surface area contributed by atoms with Crippen molar-refractivity contribution in [1.29, 1.82) is 0 Å². The lowest BCUT2D eigenvalue weighted by atomic mass is 10.0. The molecular formula is C14H25NO4. The summed E-state index contributed by atoms with van der Waals surface area (Å²) in [5.74, 6) is -0.358. The highest BCUT2D eigenvalue weighted by molar-refractivity contribution is 5.75. The number of rotatable bonds is 9. The fraction of sp³-hybridized carbons (Fsp3) is 0.857. The number of nitrogens with one attached hydrogen (secondary N) is 1. The van der Waals surface area contributed by atoms with Gasteiger partial charge in [-0.2, -0.15) is 0 Å². The van der Waals surface area contributed by atoms with E-state index in [9.17, 15) is 9.59 Å². The molecule has 2 N–H and O–H groups in total. The van der Waals surface area contributed by atoms with E-state index in [-0.39, 0.29) is 18.4 Å². The van der Waals surface area contributed by atoms with Gasteiger partial charge >= 0.3 is 5.97 Å². The zero-order valence-corrected chi connectivity index (χ0v) is 11.7. The third-order valence-corrected chi connectivity index (χ3v) is 3.53. The molecule has 0 bridgehead atoms. The van der Waals surface area contributed by atoms with Crippen LogP contribution in [0.15, 0.2) is 0 Å². The summed E-state index contributed by atoms with van der Waals surface area (Å²) >= 11 is 0. The Bertz CT molecular complexity index is 287. The second kappa shape index (κ2) is 8.91. The largest absolute Gasteiger partial charge is 0.481 e. The number of ether oxygens (including phenoxy) is 1. The minimum atomic E-state index is -0.757. The molecule has 5 nitrogen and oxygen atoms in total. The Balaban J connectivity index is 1.98. The summed E-state index contributed by atoms with van der Waals surface area (Å²) in [6, 6.07) is 0. The Morgan fingerprint density at radius 3 is 2.79 bits per heavy atom. The Hall–Kier alpha value is -1.10. The van der Waals surface area contributed by atoms with Crippen LogP contribution >= 0.6 is 0 Å². The predicted octanol–water partition coefficient (Wildman–Crippen LogP) is 1.95. The molecule has 1 fully saturated rings. The summed E-state index contributed by atoms with van der Waals surface area (Å²) in [4.78, 5) is 22.0. The van der Waals surface area contributed by atoms with Gasteiger partial charge in [-0.3, -0.25) is 9.59 Å². The van der Waals surface area contributed by atoms with Crippen LogP contribution < -0.4 is 5.32 Å². The highest BCUT2D eigenvalue weighted by Crippen LogP contribution is 2.16. The van der Waals surface area contributed by atoms with E-state index in [1.54, 1.807) is 0 Å². The molecule has 0 aromatic rings. The van der Waals surface area contributed by atoms with E-state index in [2.05, 4.69) is 5.32 Å². The first kappa shape index (κ1) is 16.0. The second-order valence-corrected chi connectivity index (χ2v) is 5.35. The van der Waals surface area contributed by atoms with Crippen molar-refractivity contribution >= 4 is 11.9 Å². The molecule has 1 aliphatic heterocycles. The van der Waals surface area contributed by atoms with E-state index in [1.165, 1.54) is 0 Å². The van der Waals surface area contributed by atoms with Crippen LogP contribution in [-0.4, -0.2) is 36.2 Å². The molecule has 0 aliphatic carbocycles. The molecule has 1 amide bonds. The van der Waals surface area contributed by atoms with Gasteiger partial charge in [0, 0.05) is 26.0 Å². The normalized spacial score (nSPS) is 20.2. The molecule has 2 atom stereocenters. The van der Waals surface area contributed by atoms with E-state index in [0.29, 0.717) is 25.3 Å². The summed E-state index contributed by atoms with van der Waals surface area (Å²) in [7, 11) is 0. The lowest BCUT2D eigenvalue weighted by molar-refractivity contribution is -0.137. The third-order valence-electron chi connectivity index (χ3n) is 3.53. The highest BCUT2D eigenvalue weighted by atomic mass is 16.5. The maximum atomic E-state index is 11.6. The van der Waals surface area contributed by atoms with E-state index in [0.717, 1.165) is 32.3 Å². The Morgan fingerprint density at radius 2 is 2.16 bits per heavy atom. The number of carboxylic acids is 1. The number of carbonyl (C=O) groups is 2. The van der Waals surface area contributed by atoms with Crippen LogP contribution in [0.25, 0.3) is 0 Å². The first-order valence-electron chi connectivity index (χ1n) is 7.18. The average molecular weight is 271 g/mol. The van der Waals surface area contributed by atoms with Crippen LogP contribution in [0.4, 0.5) is 0 Å². The van der Waals surface area contributed by atoms with Crippen molar-refractivity contribution in [2.45, 2.75) is 58.0 Å². The number of hydrogen-bond donors (Lipinski definition) is 2. The van der Waals surface area contributed by atoms with E-state index < -0.39 is 5.97 Å². The standard InChI is InChI=1S/C14H25NO4/c1-11(4-7-14(17)18)8-9-15-13(16)6-5-12-3-2-10-19-12/h11-12H,2-10H2,1H3,(H,15,16)(H,17,18). The van der Waals surface area contributed by atoms with Crippen LogP contribution in [0.2, 0.25) is 0 Å². The Labute approximate surface area is 114 Å². The van der Waals surface area contributed by atoms with Crippen LogP contribution in [0.3, 0.4) is 0 Å². The van der Waals surface area contributed by atoms with Crippen molar-refractivity contribution in [3.8, 4) is 0 Å². The van der Waals surface area contributed by atoms with Crippen molar-refractivity contribution in [2.75, 3.05) is 13.2 Å². The second-order valence-electron chi connectivity index (χ2n) is 5.35. The van der Waals surface area contributed by atoms with Crippen LogP contribution in [0, 0.1) is 5.92 Å². The smallest absolute Gasteiger partial charge is 0.303 e. The van der Waals surface area contributed by atoms with Crippen LogP contribution in [0.1, 0.15) is 51.9 Å². The molecular weight excluding hydrogens is 246 g/mol. The number of aliphatic carboxylic acids is 1. The molecule has 0 saturated carbocycles. The van der Waals surface area contributed by atoms with Crippen molar-refractivity contribution in [3.63, 3.8) is 0 Å². The van der Waals surface area contributed by atoms with Gasteiger partial charge in [0.05, 0.1) is 6.10 Å². The zero-order valence-electron chi connectivity index (χ0n) is 11.7. The summed E-state index contributed by atoms with van der Waals surface area (Å²) in [6.45, 7) is 3.47. The molecule has 1 heterocycles. The molecule has 5 heteroatoms. The average Bonchev–Trinajstić information content (AvgIpc) is 2.87. The Kier molecular flexibility index (Phi) is 7.48. The topological polar surface area (TPSA) is 75.6 Å². The zero-order chi connectivity index (χ0) is 14.1.